The van der Waals surface area contributed by atoms with Gasteiger partial charge in [-0.2, -0.15) is 0 Å². The molecule has 0 bridgehead atoms. The fourth-order valence-corrected chi connectivity index (χ4v) is 4.77. The van der Waals surface area contributed by atoms with E-state index in [0.29, 0.717) is 11.1 Å². The first-order valence-corrected chi connectivity index (χ1v) is 10.5. The van der Waals surface area contributed by atoms with Crippen LogP contribution in [0, 0.1) is 0 Å². The van der Waals surface area contributed by atoms with Crippen molar-refractivity contribution >= 4 is 43.2 Å². The van der Waals surface area contributed by atoms with Crippen molar-refractivity contribution in [1.82, 2.24) is 10.3 Å². The molecule has 0 aliphatic carbocycles. The van der Waals surface area contributed by atoms with Crippen LogP contribution in [0.3, 0.4) is 0 Å². The number of sulfonamides is 1. The lowest BCUT2D eigenvalue weighted by Crippen LogP contribution is -2.31. The Bertz CT molecular complexity index is 1040. The Hall–Kier alpha value is -2.45. The number of anilines is 1. The number of nitrogens with zero attached hydrogens (tertiary/aromatic N) is 1. The van der Waals surface area contributed by atoms with Crippen LogP contribution in [0.5, 0.6) is 0 Å². The molecule has 1 heterocycles. The van der Waals surface area contributed by atoms with Crippen molar-refractivity contribution in [3.05, 3.63) is 53.5 Å². The first kappa shape index (κ1) is 18.3. The molecule has 2 N–H and O–H groups in total. The fraction of sp³-hybridized carbons (Fsp3) is 0.222. The number of carbonyl (C=O) groups excluding carboxylic acids is 1. The van der Waals surface area contributed by atoms with Gasteiger partial charge in [-0.25, -0.2) is 13.4 Å². The number of hydrogen-bond acceptors (Lipinski definition) is 5. The zero-order valence-corrected chi connectivity index (χ0v) is 16.0. The molecular weight excluding hydrogens is 370 g/mol. The Kier molecular flexibility index (Phi) is 5.24. The molecule has 136 valence electrons. The second kappa shape index (κ2) is 7.43. The van der Waals surface area contributed by atoms with Gasteiger partial charge in [0, 0.05) is 16.8 Å². The fourth-order valence-electron chi connectivity index (χ4n) is 2.57. The summed E-state index contributed by atoms with van der Waals surface area (Å²) in [5.41, 5.74) is 0.531. The summed E-state index contributed by atoms with van der Waals surface area (Å²) in [5.74, 6) is -0.145. The third-order valence-electron chi connectivity index (χ3n) is 3.60. The van der Waals surface area contributed by atoms with E-state index >= 15 is 0 Å². The van der Waals surface area contributed by atoms with Crippen molar-refractivity contribution < 1.29 is 13.2 Å². The number of fused-ring (bicyclic) bond motifs is 1. The molecule has 3 rings (SSSR count). The summed E-state index contributed by atoms with van der Waals surface area (Å²) in [7, 11) is -3.78. The lowest BCUT2D eigenvalue weighted by molar-refractivity contribution is -0.120. The Labute approximate surface area is 156 Å². The molecule has 0 aliphatic rings. The quantitative estimate of drug-likeness (QED) is 0.678. The minimum atomic E-state index is -3.78. The van der Waals surface area contributed by atoms with E-state index in [9.17, 15) is 13.2 Å². The molecule has 1 amide bonds. The van der Waals surface area contributed by atoms with Crippen molar-refractivity contribution in [2.45, 2.75) is 31.2 Å². The third kappa shape index (κ3) is 4.20. The third-order valence-corrected chi connectivity index (χ3v) is 5.94. The van der Waals surface area contributed by atoms with Crippen molar-refractivity contribution in [2.75, 3.05) is 4.72 Å². The van der Waals surface area contributed by atoms with E-state index in [1.54, 1.807) is 29.6 Å². The smallest absolute Gasteiger partial charge is 0.264 e. The van der Waals surface area contributed by atoms with Crippen LogP contribution in [-0.2, 0) is 21.2 Å². The van der Waals surface area contributed by atoms with Crippen LogP contribution in [0.25, 0.3) is 10.8 Å². The summed E-state index contributed by atoms with van der Waals surface area (Å²) in [6.45, 7) is 3.76. The predicted octanol–water partition coefficient (Wildman–Crippen LogP) is 3.16. The molecule has 0 unspecified atom stereocenters. The van der Waals surface area contributed by atoms with Gasteiger partial charge in [-0.1, -0.05) is 36.4 Å². The van der Waals surface area contributed by atoms with Crippen LogP contribution in [0.4, 0.5) is 5.13 Å². The van der Waals surface area contributed by atoms with E-state index in [-0.39, 0.29) is 28.4 Å². The molecule has 0 spiro atoms. The predicted molar refractivity (Wildman–Crippen MR) is 104 cm³/mol. The highest BCUT2D eigenvalue weighted by atomic mass is 32.2. The molecule has 8 heteroatoms. The zero-order valence-electron chi connectivity index (χ0n) is 14.4. The molecule has 26 heavy (non-hydrogen) atoms. The minimum absolute atomic E-state index is 0.0467. The number of benzene rings is 2. The van der Waals surface area contributed by atoms with Crippen molar-refractivity contribution in [3.63, 3.8) is 0 Å². The lowest BCUT2D eigenvalue weighted by atomic mass is 10.1. The largest absolute Gasteiger partial charge is 0.354 e. The number of hydrogen-bond donors (Lipinski definition) is 2. The van der Waals surface area contributed by atoms with Crippen molar-refractivity contribution in [3.8, 4) is 0 Å². The Balaban J connectivity index is 1.81. The molecule has 1 aromatic heterocycles. The van der Waals surface area contributed by atoms with Crippen molar-refractivity contribution in [1.29, 1.82) is 0 Å². The van der Waals surface area contributed by atoms with Crippen molar-refractivity contribution in [2.24, 2.45) is 0 Å². The maximum absolute atomic E-state index is 12.8. The lowest BCUT2D eigenvalue weighted by Gasteiger charge is -2.08. The highest BCUT2D eigenvalue weighted by molar-refractivity contribution is 7.93. The van der Waals surface area contributed by atoms with E-state index in [4.69, 9.17) is 0 Å². The van der Waals surface area contributed by atoms with Gasteiger partial charge < -0.3 is 5.32 Å². The summed E-state index contributed by atoms with van der Waals surface area (Å²) in [6, 6.07) is 12.5. The van der Waals surface area contributed by atoms with Gasteiger partial charge in [-0.05, 0) is 25.3 Å². The number of thiazole rings is 1. The summed E-state index contributed by atoms with van der Waals surface area (Å²) >= 11 is 1.16. The van der Waals surface area contributed by atoms with Gasteiger partial charge in [0.2, 0.25) is 5.91 Å². The average Bonchev–Trinajstić information content (AvgIpc) is 2.99. The topological polar surface area (TPSA) is 88.2 Å². The van der Waals surface area contributed by atoms with Gasteiger partial charge in [-0.15, -0.1) is 11.3 Å². The maximum Gasteiger partial charge on any atom is 0.264 e. The second-order valence-electron chi connectivity index (χ2n) is 6.13. The minimum Gasteiger partial charge on any atom is -0.354 e. The summed E-state index contributed by atoms with van der Waals surface area (Å²) in [6.07, 6.45) is 0.116. The molecule has 2 aromatic carbocycles. The molecule has 0 radical (unpaired) electrons. The van der Waals surface area contributed by atoms with Crippen LogP contribution in [0.1, 0.15) is 19.5 Å². The van der Waals surface area contributed by atoms with Crippen LogP contribution in [0.15, 0.2) is 52.7 Å². The molecule has 0 aliphatic heterocycles. The van der Waals surface area contributed by atoms with E-state index in [2.05, 4.69) is 15.0 Å². The van der Waals surface area contributed by atoms with Gasteiger partial charge in [-0.3, -0.25) is 9.52 Å². The normalized spacial score (nSPS) is 11.7. The highest BCUT2D eigenvalue weighted by Gasteiger charge is 2.19. The number of carbonyl (C=O) groups is 1. The van der Waals surface area contributed by atoms with Gasteiger partial charge in [0.25, 0.3) is 10.0 Å². The molecule has 0 atom stereocenters. The molecule has 0 saturated heterocycles. The number of rotatable bonds is 6. The van der Waals surface area contributed by atoms with Gasteiger partial charge in [0.05, 0.1) is 17.0 Å². The Morgan fingerprint density at radius 3 is 2.65 bits per heavy atom. The molecule has 0 saturated carbocycles. The average molecular weight is 390 g/mol. The summed E-state index contributed by atoms with van der Waals surface area (Å²) < 4.78 is 28.0. The standard InChI is InChI=1S/C18H19N3O3S2/c1-12(2)19-17(22)10-14-11-25-18(20-14)21-26(23,24)16-9-5-7-13-6-3-4-8-15(13)16/h3-9,11-12H,10H2,1-2H3,(H,19,22)(H,20,21). The molecular formula is C18H19N3O3S2. The maximum atomic E-state index is 12.8. The van der Waals surface area contributed by atoms with E-state index in [1.165, 1.54) is 0 Å². The second-order valence-corrected chi connectivity index (χ2v) is 8.63. The van der Waals surface area contributed by atoms with Crippen LogP contribution in [0.2, 0.25) is 0 Å². The Morgan fingerprint density at radius 1 is 1.15 bits per heavy atom. The SMILES string of the molecule is CC(C)NC(=O)Cc1csc(NS(=O)(=O)c2cccc3ccccc23)n1. The van der Waals surface area contributed by atoms with Gasteiger partial charge in [0.1, 0.15) is 0 Å². The molecule has 3 aromatic rings. The van der Waals surface area contributed by atoms with Gasteiger partial charge in [0.15, 0.2) is 5.13 Å². The monoisotopic (exact) mass is 389 g/mol. The van der Waals surface area contributed by atoms with Crippen LogP contribution < -0.4 is 10.0 Å². The van der Waals surface area contributed by atoms with Crippen LogP contribution in [-0.4, -0.2) is 25.4 Å². The summed E-state index contributed by atoms with van der Waals surface area (Å²) in [4.78, 5) is 16.2. The molecule has 0 fully saturated rings. The first-order valence-electron chi connectivity index (χ1n) is 8.09. The number of amides is 1. The highest BCUT2D eigenvalue weighted by Crippen LogP contribution is 2.26. The first-order chi connectivity index (χ1) is 12.3. The van der Waals surface area contributed by atoms with Crippen LogP contribution >= 0.6 is 11.3 Å². The number of aromatic nitrogens is 1. The molecule has 6 nitrogen and oxygen atoms in total. The van der Waals surface area contributed by atoms with E-state index in [0.717, 1.165) is 16.7 Å². The Morgan fingerprint density at radius 2 is 1.88 bits per heavy atom. The summed E-state index contributed by atoms with van der Waals surface area (Å²) in [5, 5.41) is 6.20. The zero-order chi connectivity index (χ0) is 18.7. The van der Waals surface area contributed by atoms with E-state index < -0.39 is 10.0 Å². The van der Waals surface area contributed by atoms with E-state index in [1.807, 2.05) is 32.0 Å². The van der Waals surface area contributed by atoms with Gasteiger partial charge >= 0.3 is 0 Å². The number of nitrogens with one attached hydrogen (secondary N) is 2.